The maximum atomic E-state index is 3.48. The van der Waals surface area contributed by atoms with E-state index < -0.39 is 0 Å². The Balaban J connectivity index is 1.73. The van der Waals surface area contributed by atoms with Gasteiger partial charge in [0, 0.05) is 32.2 Å². The quantitative estimate of drug-likeness (QED) is 0.800. The summed E-state index contributed by atoms with van der Waals surface area (Å²) < 4.78 is 0. The number of nitrogens with one attached hydrogen (secondary N) is 1. The highest BCUT2D eigenvalue weighted by Crippen LogP contribution is 2.23. The number of hydrogen-bond donors (Lipinski definition) is 1. The van der Waals surface area contributed by atoms with Crippen molar-refractivity contribution in [1.82, 2.24) is 15.1 Å². The van der Waals surface area contributed by atoms with E-state index in [-0.39, 0.29) is 0 Å². The van der Waals surface area contributed by atoms with Gasteiger partial charge in [0.15, 0.2) is 0 Å². The number of likely N-dealkylation sites (tertiary alicyclic amines) is 1. The Bertz CT molecular complexity index is 210. The molecular weight excluding hydrogens is 210 g/mol. The second kappa shape index (κ2) is 6.72. The van der Waals surface area contributed by atoms with Crippen molar-refractivity contribution in [2.75, 3.05) is 45.8 Å². The first-order valence-electron chi connectivity index (χ1n) is 7.44. The Hall–Kier alpha value is -0.120. The largest absolute Gasteiger partial charge is 0.315 e. The van der Waals surface area contributed by atoms with E-state index in [1.807, 2.05) is 0 Å². The first-order chi connectivity index (χ1) is 8.27. The third-order valence-electron chi connectivity index (χ3n) is 4.32. The first kappa shape index (κ1) is 13.3. The minimum Gasteiger partial charge on any atom is -0.315 e. The normalized spacial score (nSPS) is 28.8. The number of rotatable bonds is 4. The lowest BCUT2D eigenvalue weighted by Gasteiger charge is -2.30. The van der Waals surface area contributed by atoms with Crippen LogP contribution in [0.2, 0.25) is 0 Å². The third kappa shape index (κ3) is 3.94. The molecular formula is C14H29N3. The first-order valence-corrected chi connectivity index (χ1v) is 7.44. The Morgan fingerprint density at radius 2 is 1.94 bits per heavy atom. The van der Waals surface area contributed by atoms with Gasteiger partial charge in [-0.3, -0.25) is 4.90 Å². The van der Waals surface area contributed by atoms with E-state index in [9.17, 15) is 0 Å². The molecule has 0 aromatic rings. The fourth-order valence-corrected chi connectivity index (χ4v) is 3.28. The summed E-state index contributed by atoms with van der Waals surface area (Å²) in [4.78, 5) is 5.36. The zero-order chi connectivity index (χ0) is 12.1. The highest BCUT2D eigenvalue weighted by atomic mass is 15.2. The van der Waals surface area contributed by atoms with E-state index in [2.05, 4.69) is 29.0 Å². The molecule has 2 aliphatic rings. The molecule has 2 saturated heterocycles. The van der Waals surface area contributed by atoms with Crippen LogP contribution in [0, 0.1) is 5.92 Å². The summed E-state index contributed by atoms with van der Waals surface area (Å²) in [6, 6.07) is 0.847. The minimum absolute atomic E-state index is 0.823. The van der Waals surface area contributed by atoms with Gasteiger partial charge in [-0.2, -0.15) is 0 Å². The highest BCUT2D eigenvalue weighted by Gasteiger charge is 2.26. The van der Waals surface area contributed by atoms with Gasteiger partial charge in [-0.15, -0.1) is 0 Å². The lowest BCUT2D eigenvalue weighted by molar-refractivity contribution is 0.172. The average molecular weight is 239 g/mol. The van der Waals surface area contributed by atoms with Crippen LogP contribution in [0.1, 0.15) is 33.1 Å². The summed E-state index contributed by atoms with van der Waals surface area (Å²) in [5.41, 5.74) is 0. The molecule has 0 amide bonds. The highest BCUT2D eigenvalue weighted by molar-refractivity contribution is 4.82. The van der Waals surface area contributed by atoms with Crippen LogP contribution in [0.5, 0.6) is 0 Å². The maximum Gasteiger partial charge on any atom is 0.0119 e. The molecule has 1 atom stereocenters. The SMILES string of the molecule is CC(C)C1CCCN1CCN1CCCNCC1. The van der Waals surface area contributed by atoms with Gasteiger partial charge in [0.05, 0.1) is 0 Å². The van der Waals surface area contributed by atoms with Gasteiger partial charge >= 0.3 is 0 Å². The van der Waals surface area contributed by atoms with Crippen molar-refractivity contribution in [1.29, 1.82) is 0 Å². The second-order valence-electron chi connectivity index (χ2n) is 5.93. The van der Waals surface area contributed by atoms with Gasteiger partial charge < -0.3 is 10.2 Å². The monoisotopic (exact) mass is 239 g/mol. The molecule has 0 bridgehead atoms. The summed E-state index contributed by atoms with van der Waals surface area (Å²) >= 11 is 0. The molecule has 3 nitrogen and oxygen atoms in total. The van der Waals surface area contributed by atoms with Crippen molar-refractivity contribution in [3.05, 3.63) is 0 Å². The number of hydrogen-bond acceptors (Lipinski definition) is 3. The van der Waals surface area contributed by atoms with E-state index in [1.54, 1.807) is 0 Å². The van der Waals surface area contributed by atoms with Gasteiger partial charge in [-0.1, -0.05) is 13.8 Å². The molecule has 2 aliphatic heterocycles. The molecule has 0 aromatic heterocycles. The average Bonchev–Trinajstić information content (AvgIpc) is 2.63. The van der Waals surface area contributed by atoms with Crippen molar-refractivity contribution < 1.29 is 0 Å². The van der Waals surface area contributed by atoms with Crippen molar-refractivity contribution in [2.45, 2.75) is 39.2 Å². The molecule has 3 heteroatoms. The molecule has 1 unspecified atom stereocenters. The van der Waals surface area contributed by atoms with Crippen molar-refractivity contribution in [2.24, 2.45) is 5.92 Å². The maximum absolute atomic E-state index is 3.48. The smallest absolute Gasteiger partial charge is 0.0119 e. The molecule has 0 spiro atoms. The Morgan fingerprint density at radius 3 is 2.76 bits per heavy atom. The van der Waals surface area contributed by atoms with Crippen LogP contribution in [0.15, 0.2) is 0 Å². The standard InChI is InChI=1S/C14H29N3/c1-13(2)14-5-3-9-17(14)12-11-16-8-4-6-15-7-10-16/h13-15H,3-12H2,1-2H3. The molecule has 2 fully saturated rings. The fourth-order valence-electron chi connectivity index (χ4n) is 3.28. The van der Waals surface area contributed by atoms with E-state index in [0.717, 1.165) is 12.0 Å². The van der Waals surface area contributed by atoms with Crippen molar-refractivity contribution in [3.8, 4) is 0 Å². The minimum atomic E-state index is 0.823. The molecule has 1 N–H and O–H groups in total. The topological polar surface area (TPSA) is 18.5 Å². The molecule has 17 heavy (non-hydrogen) atoms. The number of nitrogens with zero attached hydrogens (tertiary/aromatic N) is 2. The molecule has 100 valence electrons. The summed E-state index contributed by atoms with van der Waals surface area (Å²) in [7, 11) is 0. The summed E-state index contributed by atoms with van der Waals surface area (Å²) in [6.45, 7) is 13.5. The summed E-state index contributed by atoms with van der Waals surface area (Å²) in [5.74, 6) is 0.823. The van der Waals surface area contributed by atoms with Crippen LogP contribution in [0.4, 0.5) is 0 Å². The van der Waals surface area contributed by atoms with E-state index >= 15 is 0 Å². The predicted molar refractivity (Wildman–Crippen MR) is 73.4 cm³/mol. The molecule has 0 aromatic carbocycles. The fraction of sp³-hybridized carbons (Fsp3) is 1.00. The zero-order valence-electron chi connectivity index (χ0n) is 11.6. The lowest BCUT2D eigenvalue weighted by Crippen LogP contribution is -2.40. The van der Waals surface area contributed by atoms with Crippen LogP contribution in [0.3, 0.4) is 0 Å². The molecule has 2 heterocycles. The predicted octanol–water partition coefficient (Wildman–Crippen LogP) is 1.40. The second-order valence-corrected chi connectivity index (χ2v) is 5.93. The Kier molecular flexibility index (Phi) is 5.26. The lowest BCUT2D eigenvalue weighted by atomic mass is 10.0. The van der Waals surface area contributed by atoms with Gasteiger partial charge in [-0.05, 0) is 44.8 Å². The Labute approximate surface area is 107 Å². The van der Waals surface area contributed by atoms with Gasteiger partial charge in [-0.25, -0.2) is 0 Å². The van der Waals surface area contributed by atoms with E-state index in [0.29, 0.717) is 0 Å². The van der Waals surface area contributed by atoms with Crippen LogP contribution >= 0.6 is 0 Å². The van der Waals surface area contributed by atoms with E-state index in [1.165, 1.54) is 65.1 Å². The summed E-state index contributed by atoms with van der Waals surface area (Å²) in [5, 5.41) is 3.48. The molecule has 0 saturated carbocycles. The van der Waals surface area contributed by atoms with Gasteiger partial charge in [0.1, 0.15) is 0 Å². The van der Waals surface area contributed by atoms with Crippen molar-refractivity contribution in [3.63, 3.8) is 0 Å². The van der Waals surface area contributed by atoms with Crippen LogP contribution < -0.4 is 5.32 Å². The van der Waals surface area contributed by atoms with Crippen molar-refractivity contribution >= 4 is 0 Å². The summed E-state index contributed by atoms with van der Waals surface area (Å²) in [6.07, 6.45) is 4.14. The van der Waals surface area contributed by atoms with Gasteiger partial charge in [0.25, 0.3) is 0 Å². The van der Waals surface area contributed by atoms with Crippen LogP contribution in [-0.4, -0.2) is 61.7 Å². The molecule has 0 aliphatic carbocycles. The molecule has 2 rings (SSSR count). The third-order valence-corrected chi connectivity index (χ3v) is 4.32. The van der Waals surface area contributed by atoms with Crippen LogP contribution in [-0.2, 0) is 0 Å². The molecule has 0 radical (unpaired) electrons. The van der Waals surface area contributed by atoms with E-state index in [4.69, 9.17) is 0 Å². The Morgan fingerprint density at radius 1 is 1.06 bits per heavy atom. The van der Waals surface area contributed by atoms with Crippen LogP contribution in [0.25, 0.3) is 0 Å². The zero-order valence-corrected chi connectivity index (χ0v) is 11.6. The van der Waals surface area contributed by atoms with Gasteiger partial charge in [0.2, 0.25) is 0 Å².